The Balaban J connectivity index is 1.88. The van der Waals surface area contributed by atoms with E-state index in [4.69, 9.17) is 4.42 Å². The number of aliphatic hydroxyl groups is 1. The van der Waals surface area contributed by atoms with Gasteiger partial charge in [-0.2, -0.15) is 13.2 Å². The summed E-state index contributed by atoms with van der Waals surface area (Å²) in [5.41, 5.74) is -0.721. The molecule has 10 heteroatoms. The summed E-state index contributed by atoms with van der Waals surface area (Å²) in [5.74, 6) is -0.376. The first-order valence-corrected chi connectivity index (χ1v) is 7.79. The van der Waals surface area contributed by atoms with Crippen LogP contribution in [0.2, 0.25) is 0 Å². The fourth-order valence-electron chi connectivity index (χ4n) is 3.02. The average molecular weight is 366 g/mol. The Morgan fingerprint density at radius 2 is 2.15 bits per heavy atom. The van der Waals surface area contributed by atoms with E-state index in [-0.39, 0.29) is 29.2 Å². The summed E-state index contributed by atoms with van der Waals surface area (Å²) in [6, 6.07) is 0.913. The van der Waals surface area contributed by atoms with Gasteiger partial charge in [-0.05, 0) is 12.5 Å². The summed E-state index contributed by atoms with van der Waals surface area (Å²) in [6.45, 7) is 0.473. The number of hydrogen-bond acceptors (Lipinski definition) is 5. The number of carbonyl (C=O) groups is 1. The molecular weight excluding hydrogens is 353 g/mol. The molecule has 1 aliphatic heterocycles. The number of fused-ring (bicyclic) bond motifs is 1. The lowest BCUT2D eigenvalue weighted by molar-refractivity contribution is -0.137. The highest BCUT2D eigenvalue weighted by molar-refractivity contribution is 5.94. The summed E-state index contributed by atoms with van der Waals surface area (Å²) >= 11 is 0. The van der Waals surface area contributed by atoms with Gasteiger partial charge in [0, 0.05) is 19.3 Å². The average Bonchev–Trinajstić information content (AvgIpc) is 3.32. The van der Waals surface area contributed by atoms with Gasteiger partial charge in [0.15, 0.2) is 12.2 Å². The van der Waals surface area contributed by atoms with Gasteiger partial charge in [0.25, 0.3) is 5.91 Å². The number of carbonyl (C=O) groups excluding carboxylic acids is 1. The van der Waals surface area contributed by atoms with Crippen LogP contribution in [0.5, 0.6) is 0 Å². The fraction of sp³-hybridized carbons (Fsp3) is 0.312. The molecule has 1 aliphatic rings. The van der Waals surface area contributed by atoms with Crippen molar-refractivity contribution in [3.63, 3.8) is 0 Å². The molecule has 136 valence electrons. The molecule has 0 unspecified atom stereocenters. The van der Waals surface area contributed by atoms with E-state index in [0.29, 0.717) is 13.0 Å². The molecule has 1 atom stereocenters. The predicted molar refractivity (Wildman–Crippen MR) is 82.2 cm³/mol. The summed E-state index contributed by atoms with van der Waals surface area (Å²) < 4.78 is 46.2. The molecule has 1 fully saturated rings. The lowest BCUT2D eigenvalue weighted by Crippen LogP contribution is -2.30. The zero-order valence-corrected chi connectivity index (χ0v) is 13.3. The Kier molecular flexibility index (Phi) is 3.72. The van der Waals surface area contributed by atoms with Gasteiger partial charge in [0.05, 0.1) is 29.6 Å². The second kappa shape index (κ2) is 5.84. The van der Waals surface area contributed by atoms with Crippen LogP contribution < -0.4 is 0 Å². The molecule has 0 aromatic carbocycles. The van der Waals surface area contributed by atoms with Crippen LogP contribution in [0.1, 0.15) is 22.5 Å². The molecule has 0 saturated carbocycles. The molecule has 0 bridgehead atoms. The summed E-state index contributed by atoms with van der Waals surface area (Å²) in [5, 5.41) is 9.59. The molecule has 1 saturated heterocycles. The van der Waals surface area contributed by atoms with Gasteiger partial charge in [-0.1, -0.05) is 0 Å². The highest BCUT2D eigenvalue weighted by atomic mass is 19.4. The lowest BCUT2D eigenvalue weighted by atomic mass is 10.1. The van der Waals surface area contributed by atoms with E-state index in [9.17, 15) is 23.1 Å². The topological polar surface area (TPSA) is 83.9 Å². The van der Waals surface area contributed by atoms with E-state index in [1.807, 2.05) is 0 Å². The summed E-state index contributed by atoms with van der Waals surface area (Å²) in [7, 11) is 0. The molecular formula is C16H13F3N4O3. The van der Waals surface area contributed by atoms with Crippen LogP contribution in [0, 0.1) is 0 Å². The third-order valence-corrected chi connectivity index (χ3v) is 4.30. The molecule has 3 aromatic rings. The van der Waals surface area contributed by atoms with Gasteiger partial charge in [0.2, 0.25) is 0 Å². The second-order valence-corrected chi connectivity index (χ2v) is 6.04. The van der Waals surface area contributed by atoms with Gasteiger partial charge >= 0.3 is 6.18 Å². The normalized spacial score (nSPS) is 18.0. The van der Waals surface area contributed by atoms with Crippen molar-refractivity contribution < 1.29 is 27.5 Å². The molecule has 3 aromatic heterocycles. The van der Waals surface area contributed by atoms with E-state index >= 15 is 0 Å². The maximum Gasteiger partial charge on any atom is 0.417 e. The number of likely N-dealkylation sites (tertiary alicyclic amines) is 1. The highest BCUT2D eigenvalue weighted by Crippen LogP contribution is 2.34. The van der Waals surface area contributed by atoms with Crippen LogP contribution in [0.15, 0.2) is 35.5 Å². The SMILES string of the molecule is O=C(c1cnc2c(-c3cnco3)cc(C(F)(F)F)cn12)N1CC[C@@H](O)C1. The van der Waals surface area contributed by atoms with E-state index in [0.717, 1.165) is 23.1 Å². The van der Waals surface area contributed by atoms with Crippen LogP contribution >= 0.6 is 0 Å². The van der Waals surface area contributed by atoms with Gasteiger partial charge < -0.3 is 14.4 Å². The van der Waals surface area contributed by atoms with Crippen molar-refractivity contribution in [1.29, 1.82) is 0 Å². The smallest absolute Gasteiger partial charge is 0.417 e. The van der Waals surface area contributed by atoms with Crippen LogP contribution in [-0.2, 0) is 6.18 Å². The Labute approximate surface area is 144 Å². The first-order valence-electron chi connectivity index (χ1n) is 7.79. The van der Waals surface area contributed by atoms with Crippen molar-refractivity contribution in [2.75, 3.05) is 13.1 Å². The van der Waals surface area contributed by atoms with Gasteiger partial charge in [-0.3, -0.25) is 9.20 Å². The number of imidazole rings is 1. The molecule has 1 N–H and O–H groups in total. The number of amides is 1. The molecule has 0 radical (unpaired) electrons. The van der Waals surface area contributed by atoms with Crippen LogP contribution in [0.3, 0.4) is 0 Å². The zero-order valence-electron chi connectivity index (χ0n) is 13.3. The number of aliphatic hydroxyl groups excluding tert-OH is 1. The minimum Gasteiger partial charge on any atom is -0.443 e. The van der Waals surface area contributed by atoms with Gasteiger partial charge in [-0.25, -0.2) is 9.97 Å². The first-order chi connectivity index (χ1) is 12.3. The van der Waals surface area contributed by atoms with Crippen molar-refractivity contribution in [3.8, 4) is 11.3 Å². The molecule has 4 rings (SSSR count). The number of oxazole rings is 1. The van der Waals surface area contributed by atoms with Gasteiger partial charge in [-0.15, -0.1) is 0 Å². The molecule has 7 nitrogen and oxygen atoms in total. The van der Waals surface area contributed by atoms with Gasteiger partial charge in [0.1, 0.15) is 11.3 Å². The third kappa shape index (κ3) is 2.71. The van der Waals surface area contributed by atoms with E-state index < -0.39 is 23.8 Å². The van der Waals surface area contributed by atoms with Crippen molar-refractivity contribution in [3.05, 3.63) is 42.3 Å². The zero-order chi connectivity index (χ0) is 18.5. The summed E-state index contributed by atoms with van der Waals surface area (Å²) in [4.78, 5) is 21.9. The Morgan fingerprint density at radius 1 is 1.35 bits per heavy atom. The molecule has 1 amide bonds. The first kappa shape index (κ1) is 16.6. The number of aromatic nitrogens is 3. The maximum absolute atomic E-state index is 13.3. The lowest BCUT2D eigenvalue weighted by Gasteiger charge is -2.16. The largest absolute Gasteiger partial charge is 0.443 e. The highest BCUT2D eigenvalue weighted by Gasteiger charge is 2.34. The number of halogens is 3. The molecule has 4 heterocycles. The van der Waals surface area contributed by atoms with Crippen LogP contribution in [0.25, 0.3) is 17.0 Å². The number of hydrogen-bond donors (Lipinski definition) is 1. The fourth-order valence-corrected chi connectivity index (χ4v) is 3.02. The quantitative estimate of drug-likeness (QED) is 0.752. The number of pyridine rings is 1. The van der Waals surface area contributed by atoms with Crippen molar-refractivity contribution in [1.82, 2.24) is 19.3 Å². The number of alkyl halides is 3. The Hall–Kier alpha value is -2.88. The summed E-state index contributed by atoms with van der Waals surface area (Å²) in [6.07, 6.45) is -0.370. The number of β-amino-alcohol motifs (C(OH)–C–C–N with tert-alkyl or cyclic N) is 1. The second-order valence-electron chi connectivity index (χ2n) is 6.04. The van der Waals surface area contributed by atoms with E-state index in [2.05, 4.69) is 9.97 Å². The predicted octanol–water partition coefficient (Wildman–Crippen LogP) is 2.21. The molecule has 0 spiro atoms. The minimum absolute atomic E-state index is 0.0130. The molecule has 26 heavy (non-hydrogen) atoms. The Morgan fingerprint density at radius 3 is 2.77 bits per heavy atom. The van der Waals surface area contributed by atoms with E-state index in [1.54, 1.807) is 0 Å². The van der Waals surface area contributed by atoms with Crippen LogP contribution in [0.4, 0.5) is 13.2 Å². The monoisotopic (exact) mass is 366 g/mol. The number of nitrogens with zero attached hydrogens (tertiary/aromatic N) is 4. The maximum atomic E-state index is 13.3. The number of rotatable bonds is 2. The van der Waals surface area contributed by atoms with Crippen LogP contribution in [-0.4, -0.2) is 49.5 Å². The Bertz CT molecular complexity index is 965. The molecule has 0 aliphatic carbocycles. The third-order valence-electron chi connectivity index (χ3n) is 4.30. The standard InChI is InChI=1S/C16H13F3N4O3/c17-16(18,19)9-3-11(13-5-20-8-26-13)14-21-4-12(23(14)6-9)15(25)22-2-1-10(24)7-22/h3-6,8,10,24H,1-2,7H2/t10-/m1/s1. The van der Waals surface area contributed by atoms with E-state index in [1.165, 1.54) is 17.3 Å². The van der Waals surface area contributed by atoms with Crippen molar-refractivity contribution in [2.45, 2.75) is 18.7 Å². The minimum atomic E-state index is -4.61. The van der Waals surface area contributed by atoms with Crippen molar-refractivity contribution in [2.24, 2.45) is 0 Å². The van der Waals surface area contributed by atoms with Crippen molar-refractivity contribution >= 4 is 11.6 Å².